The molecule has 9 heteroatoms. The molecule has 2 amide bonds. The summed E-state index contributed by atoms with van der Waals surface area (Å²) in [5.74, 6) is 0.00632. The topological polar surface area (TPSA) is 66.4 Å². The number of amides is 2. The summed E-state index contributed by atoms with van der Waals surface area (Å²) in [6, 6.07) is 19.6. The second-order valence-electron chi connectivity index (χ2n) is 10.4. The van der Waals surface area contributed by atoms with Gasteiger partial charge in [0.25, 0.3) is 5.91 Å². The van der Waals surface area contributed by atoms with E-state index in [2.05, 4.69) is 29.0 Å². The van der Waals surface area contributed by atoms with Crippen molar-refractivity contribution < 1.29 is 22.8 Å². The lowest BCUT2D eigenvalue weighted by Crippen LogP contribution is -2.32. The predicted molar refractivity (Wildman–Crippen MR) is 156 cm³/mol. The molecule has 1 aliphatic rings. The summed E-state index contributed by atoms with van der Waals surface area (Å²) in [7, 11) is 0. The number of carbonyl (C=O) groups is 2. The number of carbonyl (C=O) groups excluding carboxylic acids is 2. The third-order valence-electron chi connectivity index (χ3n) is 7.48. The Labute approximate surface area is 236 Å². The average Bonchev–Trinajstić information content (AvgIpc) is 3.31. The summed E-state index contributed by atoms with van der Waals surface area (Å²) in [5.41, 5.74) is 3.18. The first kappa shape index (κ1) is 28.0. The molecule has 1 saturated heterocycles. The summed E-state index contributed by atoms with van der Waals surface area (Å²) < 4.78 is 41.0. The lowest BCUT2D eigenvalue weighted by Gasteiger charge is -2.32. The monoisotopic (exact) mass is 560 g/mol. The number of halogens is 3. The van der Waals surface area contributed by atoms with Crippen molar-refractivity contribution in [2.45, 2.75) is 32.5 Å². The Hall–Kier alpha value is -4.53. The van der Waals surface area contributed by atoms with Crippen molar-refractivity contribution in [1.82, 2.24) is 4.57 Å². The van der Waals surface area contributed by atoms with Crippen LogP contribution in [0.4, 0.5) is 30.2 Å². The van der Waals surface area contributed by atoms with Crippen LogP contribution in [0.1, 0.15) is 41.4 Å². The molecule has 5 rings (SSSR count). The zero-order valence-corrected chi connectivity index (χ0v) is 22.7. The summed E-state index contributed by atoms with van der Waals surface area (Å²) >= 11 is 0. The molecule has 1 aromatic heterocycles. The molecule has 1 fully saturated rings. The molecule has 41 heavy (non-hydrogen) atoms. The Kier molecular flexibility index (Phi) is 7.88. The van der Waals surface area contributed by atoms with E-state index in [0.717, 1.165) is 55.7 Å². The summed E-state index contributed by atoms with van der Waals surface area (Å²) in [5, 5.41) is 6.36. The van der Waals surface area contributed by atoms with Crippen molar-refractivity contribution in [3.63, 3.8) is 0 Å². The Morgan fingerprint density at radius 2 is 1.59 bits per heavy atom. The molecule has 2 heterocycles. The quantitative estimate of drug-likeness (QED) is 0.233. The van der Waals surface area contributed by atoms with Gasteiger partial charge in [-0.3, -0.25) is 9.59 Å². The van der Waals surface area contributed by atoms with Crippen molar-refractivity contribution in [3.8, 4) is 0 Å². The number of hydrogen-bond donors (Lipinski definition) is 2. The molecule has 4 aromatic rings. The first-order valence-corrected chi connectivity index (χ1v) is 13.5. The van der Waals surface area contributed by atoms with Crippen LogP contribution >= 0.6 is 0 Å². The van der Waals surface area contributed by atoms with Gasteiger partial charge in [-0.1, -0.05) is 25.6 Å². The van der Waals surface area contributed by atoms with E-state index in [-0.39, 0.29) is 18.4 Å². The van der Waals surface area contributed by atoms with E-state index in [1.807, 2.05) is 24.3 Å². The van der Waals surface area contributed by atoms with Crippen LogP contribution in [0, 0.1) is 5.92 Å². The Morgan fingerprint density at radius 1 is 0.927 bits per heavy atom. The van der Waals surface area contributed by atoms with Crippen molar-refractivity contribution in [1.29, 1.82) is 0 Å². The van der Waals surface area contributed by atoms with Crippen molar-refractivity contribution in [2.75, 3.05) is 28.6 Å². The number of nitrogens with zero attached hydrogens (tertiary/aromatic N) is 2. The summed E-state index contributed by atoms with van der Waals surface area (Å²) in [4.78, 5) is 27.7. The van der Waals surface area contributed by atoms with E-state index in [4.69, 9.17) is 0 Å². The summed E-state index contributed by atoms with van der Waals surface area (Å²) in [6.45, 7) is 7.92. The van der Waals surface area contributed by atoms with Gasteiger partial charge in [-0.15, -0.1) is 0 Å². The highest BCUT2D eigenvalue weighted by Crippen LogP contribution is 2.31. The predicted octanol–water partition coefficient (Wildman–Crippen LogP) is 7.32. The van der Waals surface area contributed by atoms with Crippen molar-refractivity contribution in [3.05, 3.63) is 102 Å². The zero-order valence-electron chi connectivity index (χ0n) is 22.7. The minimum absolute atomic E-state index is 0.176. The van der Waals surface area contributed by atoms with Gasteiger partial charge in [0.1, 0.15) is 5.69 Å². The minimum Gasteiger partial charge on any atom is -0.372 e. The molecule has 0 unspecified atom stereocenters. The molecule has 2 N–H and O–H groups in total. The standard InChI is InChI=1S/C32H31F3N4O2/c1-3-30(40)36-26-10-13-28-23(18-26)19-29(39(28)20-22-4-6-24(7-5-22)32(33,34)35)31(41)37-25-8-11-27(12-9-25)38-16-14-21(2)15-17-38/h3-13,18-19,21H,1,14-17,20H2,2H3,(H,36,40)(H,37,41). The van der Waals surface area contributed by atoms with Crippen LogP contribution < -0.4 is 15.5 Å². The van der Waals surface area contributed by atoms with Gasteiger partial charge in [-0.25, -0.2) is 0 Å². The van der Waals surface area contributed by atoms with Crippen LogP contribution in [0.25, 0.3) is 10.9 Å². The fourth-order valence-corrected chi connectivity index (χ4v) is 5.10. The van der Waals surface area contributed by atoms with Gasteiger partial charge in [0.05, 0.1) is 5.56 Å². The highest BCUT2D eigenvalue weighted by atomic mass is 19.4. The molecule has 1 aliphatic heterocycles. The van der Waals surface area contributed by atoms with Crippen molar-refractivity contribution in [2.24, 2.45) is 5.92 Å². The van der Waals surface area contributed by atoms with E-state index in [1.54, 1.807) is 28.8 Å². The number of benzene rings is 3. The lowest BCUT2D eigenvalue weighted by atomic mass is 9.99. The Bertz CT molecular complexity index is 1570. The Morgan fingerprint density at radius 3 is 2.22 bits per heavy atom. The molecule has 0 radical (unpaired) electrons. The lowest BCUT2D eigenvalue weighted by molar-refractivity contribution is -0.137. The second kappa shape index (κ2) is 11.5. The van der Waals surface area contributed by atoms with Crippen LogP contribution in [0.5, 0.6) is 0 Å². The van der Waals surface area contributed by atoms with Crippen LogP contribution in [0.3, 0.4) is 0 Å². The molecule has 212 valence electrons. The first-order valence-electron chi connectivity index (χ1n) is 13.5. The molecule has 0 bridgehead atoms. The maximum atomic E-state index is 13.5. The highest BCUT2D eigenvalue weighted by Gasteiger charge is 2.30. The van der Waals surface area contributed by atoms with E-state index in [1.165, 1.54) is 12.1 Å². The van der Waals surface area contributed by atoms with Crippen LogP contribution in [0.15, 0.2) is 85.5 Å². The summed E-state index contributed by atoms with van der Waals surface area (Å²) in [6.07, 6.45) is -0.963. The van der Waals surface area contributed by atoms with E-state index in [9.17, 15) is 22.8 Å². The first-order chi connectivity index (χ1) is 19.6. The second-order valence-corrected chi connectivity index (χ2v) is 10.4. The number of hydrogen-bond acceptors (Lipinski definition) is 3. The van der Waals surface area contributed by atoms with E-state index >= 15 is 0 Å². The molecule has 3 aromatic carbocycles. The van der Waals surface area contributed by atoms with Gasteiger partial charge in [-0.05, 0) is 91.1 Å². The molecular weight excluding hydrogens is 529 g/mol. The number of anilines is 3. The minimum atomic E-state index is -4.43. The molecule has 0 atom stereocenters. The molecule has 6 nitrogen and oxygen atoms in total. The van der Waals surface area contributed by atoms with E-state index < -0.39 is 11.7 Å². The third kappa shape index (κ3) is 6.45. The van der Waals surface area contributed by atoms with Gasteiger partial charge < -0.3 is 20.1 Å². The number of alkyl halides is 3. The third-order valence-corrected chi connectivity index (χ3v) is 7.48. The fraction of sp³-hybridized carbons (Fsp3) is 0.250. The highest BCUT2D eigenvalue weighted by molar-refractivity contribution is 6.07. The Balaban J connectivity index is 1.43. The molecular formula is C32H31F3N4O2. The SMILES string of the molecule is C=CC(=O)Nc1ccc2c(c1)cc(C(=O)Nc1ccc(N3CCC(C)CC3)cc1)n2Cc1ccc(C(F)(F)F)cc1. The van der Waals surface area contributed by atoms with Crippen LogP contribution in [-0.2, 0) is 17.5 Å². The zero-order chi connectivity index (χ0) is 29.1. The number of rotatable bonds is 7. The van der Waals surface area contributed by atoms with Gasteiger partial charge in [-0.2, -0.15) is 13.2 Å². The van der Waals surface area contributed by atoms with Gasteiger partial charge in [0.15, 0.2) is 0 Å². The number of piperidine rings is 1. The smallest absolute Gasteiger partial charge is 0.372 e. The molecule has 0 spiro atoms. The number of aromatic nitrogens is 1. The van der Waals surface area contributed by atoms with Gasteiger partial charge in [0, 0.05) is 47.6 Å². The largest absolute Gasteiger partial charge is 0.416 e. The van der Waals surface area contributed by atoms with Gasteiger partial charge >= 0.3 is 6.18 Å². The van der Waals surface area contributed by atoms with E-state index in [0.29, 0.717) is 33.5 Å². The van der Waals surface area contributed by atoms with Crippen molar-refractivity contribution >= 4 is 39.8 Å². The molecule has 0 aliphatic carbocycles. The van der Waals surface area contributed by atoms with Crippen LogP contribution in [-0.4, -0.2) is 29.5 Å². The number of nitrogens with one attached hydrogen (secondary N) is 2. The van der Waals surface area contributed by atoms with Crippen LogP contribution in [0.2, 0.25) is 0 Å². The number of fused-ring (bicyclic) bond motifs is 1. The molecule has 0 saturated carbocycles. The average molecular weight is 561 g/mol. The fourth-order valence-electron chi connectivity index (χ4n) is 5.10. The normalized spacial score (nSPS) is 14.2. The maximum absolute atomic E-state index is 13.5. The van der Waals surface area contributed by atoms with Gasteiger partial charge in [0.2, 0.25) is 5.91 Å². The maximum Gasteiger partial charge on any atom is 0.416 e.